The zero-order chi connectivity index (χ0) is 12.8. The molecule has 18 heavy (non-hydrogen) atoms. The Morgan fingerprint density at radius 1 is 1.28 bits per heavy atom. The van der Waals surface area contributed by atoms with E-state index in [1.54, 1.807) is 11.3 Å². The number of rotatable bonds is 6. The summed E-state index contributed by atoms with van der Waals surface area (Å²) in [5.41, 5.74) is 8.43. The molecule has 1 atom stereocenters. The van der Waals surface area contributed by atoms with Gasteiger partial charge < -0.3 is 10.5 Å². The van der Waals surface area contributed by atoms with E-state index in [0.717, 1.165) is 18.6 Å². The van der Waals surface area contributed by atoms with Gasteiger partial charge >= 0.3 is 0 Å². The largest absolute Gasteiger partial charge is 0.489 e. The highest BCUT2D eigenvalue weighted by molar-refractivity contribution is 7.07. The number of benzene rings is 1. The van der Waals surface area contributed by atoms with Gasteiger partial charge in [-0.3, -0.25) is 0 Å². The van der Waals surface area contributed by atoms with Crippen molar-refractivity contribution < 1.29 is 4.74 Å². The summed E-state index contributed by atoms with van der Waals surface area (Å²) in [5, 5.41) is 4.17. The number of ether oxygens (including phenoxy) is 1. The van der Waals surface area contributed by atoms with Crippen molar-refractivity contribution in [1.82, 2.24) is 0 Å². The van der Waals surface area contributed by atoms with Crippen molar-refractivity contribution in [2.75, 3.05) is 0 Å². The van der Waals surface area contributed by atoms with Crippen LogP contribution in [0.1, 0.15) is 24.5 Å². The van der Waals surface area contributed by atoms with E-state index >= 15 is 0 Å². The molecule has 0 aliphatic heterocycles. The number of thiophene rings is 1. The Bertz CT molecular complexity index is 467. The Kier molecular flexibility index (Phi) is 4.79. The predicted molar refractivity (Wildman–Crippen MR) is 77.1 cm³/mol. The summed E-state index contributed by atoms with van der Waals surface area (Å²) in [4.78, 5) is 0. The molecular weight excluding hydrogens is 242 g/mol. The molecule has 0 saturated carbocycles. The van der Waals surface area contributed by atoms with Crippen LogP contribution >= 0.6 is 11.3 Å². The second kappa shape index (κ2) is 6.57. The first-order chi connectivity index (χ1) is 8.78. The molecule has 0 amide bonds. The fourth-order valence-corrected chi connectivity index (χ4v) is 2.40. The van der Waals surface area contributed by atoms with E-state index in [-0.39, 0.29) is 6.04 Å². The number of hydrogen-bond acceptors (Lipinski definition) is 3. The smallest absolute Gasteiger partial charge is 0.120 e. The van der Waals surface area contributed by atoms with Gasteiger partial charge in [-0.2, -0.15) is 11.3 Å². The summed E-state index contributed by atoms with van der Waals surface area (Å²) >= 11 is 1.69. The third kappa shape index (κ3) is 3.86. The zero-order valence-corrected chi connectivity index (χ0v) is 11.5. The first kappa shape index (κ1) is 13.1. The van der Waals surface area contributed by atoms with E-state index in [2.05, 4.69) is 35.9 Å². The van der Waals surface area contributed by atoms with Gasteiger partial charge in [0, 0.05) is 6.04 Å². The molecule has 1 heterocycles. The first-order valence-electron chi connectivity index (χ1n) is 6.26. The molecule has 0 saturated heterocycles. The summed E-state index contributed by atoms with van der Waals surface area (Å²) < 4.78 is 5.77. The van der Waals surface area contributed by atoms with Crippen LogP contribution in [0.5, 0.6) is 5.75 Å². The van der Waals surface area contributed by atoms with E-state index in [4.69, 9.17) is 10.5 Å². The second-order valence-corrected chi connectivity index (χ2v) is 5.22. The van der Waals surface area contributed by atoms with E-state index in [1.165, 1.54) is 11.1 Å². The van der Waals surface area contributed by atoms with Crippen LogP contribution in [0.2, 0.25) is 0 Å². The van der Waals surface area contributed by atoms with Crippen molar-refractivity contribution in [1.29, 1.82) is 0 Å². The number of hydrogen-bond donors (Lipinski definition) is 1. The van der Waals surface area contributed by atoms with Crippen LogP contribution in [0, 0.1) is 0 Å². The van der Waals surface area contributed by atoms with E-state index in [1.807, 2.05) is 12.1 Å². The van der Waals surface area contributed by atoms with Crippen LogP contribution in [0.25, 0.3) is 0 Å². The maximum Gasteiger partial charge on any atom is 0.120 e. The molecule has 1 aromatic carbocycles. The van der Waals surface area contributed by atoms with E-state index in [9.17, 15) is 0 Å². The van der Waals surface area contributed by atoms with Gasteiger partial charge in [-0.05, 0) is 52.9 Å². The molecule has 3 heteroatoms. The van der Waals surface area contributed by atoms with Crippen molar-refractivity contribution in [3.8, 4) is 5.75 Å². The molecule has 2 rings (SSSR count). The Hall–Kier alpha value is -1.32. The summed E-state index contributed by atoms with van der Waals surface area (Å²) in [7, 11) is 0. The Labute approximate surface area is 112 Å². The zero-order valence-electron chi connectivity index (χ0n) is 10.6. The SMILES string of the molecule is CCC(N)Cc1cccc(OCc2ccsc2)c1. The fourth-order valence-electron chi connectivity index (χ4n) is 1.75. The Morgan fingerprint density at radius 3 is 2.89 bits per heavy atom. The van der Waals surface area contributed by atoms with Gasteiger partial charge in [-0.15, -0.1) is 0 Å². The van der Waals surface area contributed by atoms with Crippen LogP contribution < -0.4 is 10.5 Å². The van der Waals surface area contributed by atoms with Crippen LogP contribution in [0.15, 0.2) is 41.1 Å². The Balaban J connectivity index is 1.94. The lowest BCUT2D eigenvalue weighted by atomic mass is 10.0. The average Bonchev–Trinajstić information content (AvgIpc) is 2.90. The molecule has 0 spiro atoms. The van der Waals surface area contributed by atoms with Crippen molar-refractivity contribution in [3.63, 3.8) is 0 Å². The van der Waals surface area contributed by atoms with Gasteiger partial charge in [0.1, 0.15) is 12.4 Å². The van der Waals surface area contributed by atoms with Gasteiger partial charge in [0.2, 0.25) is 0 Å². The molecule has 0 radical (unpaired) electrons. The molecule has 96 valence electrons. The molecule has 2 aromatic rings. The lowest BCUT2D eigenvalue weighted by molar-refractivity contribution is 0.306. The van der Waals surface area contributed by atoms with Crippen molar-refractivity contribution >= 4 is 11.3 Å². The lowest BCUT2D eigenvalue weighted by Crippen LogP contribution is -2.21. The third-order valence-electron chi connectivity index (χ3n) is 2.91. The summed E-state index contributed by atoms with van der Waals surface area (Å²) in [5.74, 6) is 0.919. The normalized spacial score (nSPS) is 12.3. The fraction of sp³-hybridized carbons (Fsp3) is 0.333. The minimum absolute atomic E-state index is 0.233. The van der Waals surface area contributed by atoms with Gasteiger partial charge in [0.05, 0.1) is 0 Å². The van der Waals surface area contributed by atoms with Crippen molar-refractivity contribution in [3.05, 3.63) is 52.2 Å². The maximum absolute atomic E-state index is 5.97. The topological polar surface area (TPSA) is 35.2 Å². The highest BCUT2D eigenvalue weighted by Crippen LogP contribution is 2.17. The highest BCUT2D eigenvalue weighted by Gasteiger charge is 2.03. The number of nitrogens with two attached hydrogens (primary N) is 1. The minimum Gasteiger partial charge on any atom is -0.489 e. The molecular formula is C15H19NOS. The molecule has 0 fully saturated rings. The van der Waals surface area contributed by atoms with Crippen molar-refractivity contribution in [2.24, 2.45) is 5.73 Å². The lowest BCUT2D eigenvalue weighted by Gasteiger charge is -2.10. The standard InChI is InChI=1S/C15H19NOS/c1-2-14(16)8-12-4-3-5-15(9-12)17-10-13-6-7-18-11-13/h3-7,9,11,14H,2,8,10,16H2,1H3. The molecule has 1 unspecified atom stereocenters. The van der Waals surface area contributed by atoms with Gasteiger partial charge in [0.25, 0.3) is 0 Å². The molecule has 0 bridgehead atoms. The third-order valence-corrected chi connectivity index (χ3v) is 3.64. The maximum atomic E-state index is 5.97. The minimum atomic E-state index is 0.233. The molecule has 0 aliphatic rings. The molecule has 1 aromatic heterocycles. The van der Waals surface area contributed by atoms with Crippen molar-refractivity contribution in [2.45, 2.75) is 32.4 Å². The summed E-state index contributed by atoms with van der Waals surface area (Å²) in [6.45, 7) is 2.74. The van der Waals surface area contributed by atoms with Crippen LogP contribution in [-0.2, 0) is 13.0 Å². The summed E-state index contributed by atoms with van der Waals surface area (Å²) in [6, 6.07) is 10.5. The average molecular weight is 261 g/mol. The Morgan fingerprint density at radius 2 is 2.17 bits per heavy atom. The van der Waals surface area contributed by atoms with Crippen LogP contribution in [-0.4, -0.2) is 6.04 Å². The predicted octanol–water partition coefficient (Wildman–Crippen LogP) is 3.61. The van der Waals surface area contributed by atoms with Crippen LogP contribution in [0.4, 0.5) is 0 Å². The van der Waals surface area contributed by atoms with E-state index < -0.39 is 0 Å². The van der Waals surface area contributed by atoms with Gasteiger partial charge in [-0.1, -0.05) is 19.1 Å². The highest BCUT2D eigenvalue weighted by atomic mass is 32.1. The molecule has 2 N–H and O–H groups in total. The van der Waals surface area contributed by atoms with Crippen LogP contribution in [0.3, 0.4) is 0 Å². The molecule has 0 aliphatic carbocycles. The quantitative estimate of drug-likeness (QED) is 0.862. The monoisotopic (exact) mass is 261 g/mol. The van der Waals surface area contributed by atoms with Gasteiger partial charge in [-0.25, -0.2) is 0 Å². The van der Waals surface area contributed by atoms with Gasteiger partial charge in [0.15, 0.2) is 0 Å². The first-order valence-corrected chi connectivity index (χ1v) is 7.20. The molecule has 2 nitrogen and oxygen atoms in total. The summed E-state index contributed by atoms with van der Waals surface area (Å²) in [6.07, 6.45) is 1.91. The van der Waals surface area contributed by atoms with E-state index in [0.29, 0.717) is 6.61 Å². The second-order valence-electron chi connectivity index (χ2n) is 4.44.